The summed E-state index contributed by atoms with van der Waals surface area (Å²) in [5.41, 5.74) is 8.13. The van der Waals surface area contributed by atoms with Crippen molar-refractivity contribution in [1.82, 2.24) is 9.13 Å². The molecule has 0 amide bonds. The number of rotatable bonds is 4. The summed E-state index contributed by atoms with van der Waals surface area (Å²) in [6, 6.07) is 30.6. The zero-order valence-electron chi connectivity index (χ0n) is 23.0. The molecule has 0 saturated heterocycles. The summed E-state index contributed by atoms with van der Waals surface area (Å²) in [4.78, 5) is 19.9. The van der Waals surface area contributed by atoms with Gasteiger partial charge in [-0.2, -0.15) is 0 Å². The van der Waals surface area contributed by atoms with Gasteiger partial charge in [0.1, 0.15) is 5.82 Å². The Morgan fingerprint density at radius 3 is 2.63 bits per heavy atom. The summed E-state index contributed by atoms with van der Waals surface area (Å²) in [7, 11) is 0. The lowest BCUT2D eigenvalue weighted by Crippen LogP contribution is -2.38. The van der Waals surface area contributed by atoms with Crippen molar-refractivity contribution in [2.45, 2.75) is 25.4 Å². The van der Waals surface area contributed by atoms with Crippen LogP contribution in [-0.4, -0.2) is 9.13 Å². The van der Waals surface area contributed by atoms with Crippen LogP contribution in [0.15, 0.2) is 119 Å². The summed E-state index contributed by atoms with van der Waals surface area (Å²) in [6.07, 6.45) is 5.69. The second-order valence-electron chi connectivity index (χ2n) is 11.0. The Hall–Kier alpha value is -4.52. The maximum absolute atomic E-state index is 14.5. The molecule has 0 saturated carbocycles. The highest BCUT2D eigenvalue weighted by Crippen LogP contribution is 2.41. The fourth-order valence-corrected chi connectivity index (χ4v) is 7.57. The molecule has 0 bridgehead atoms. The molecule has 1 aliphatic heterocycles. The lowest BCUT2D eigenvalue weighted by Gasteiger charge is -2.30. The zero-order valence-corrected chi connectivity index (χ0v) is 24.6. The van der Waals surface area contributed by atoms with Crippen LogP contribution in [0, 0.1) is 5.82 Å². The largest absolute Gasteiger partial charge is 0.342 e. The zero-order chi connectivity index (χ0) is 29.1. The van der Waals surface area contributed by atoms with E-state index < -0.39 is 6.04 Å². The molecular weight excluding hydrogens is 577 g/mol. The molecule has 6 aromatic rings. The third kappa shape index (κ3) is 4.49. The average molecular weight is 602 g/mol. The molecule has 3 heterocycles. The van der Waals surface area contributed by atoms with E-state index in [1.165, 1.54) is 23.0 Å². The normalized spacial score (nSPS) is 16.1. The molecular formula is C36H25ClFN3OS. The molecule has 8 rings (SSSR count). The number of allylic oxidation sites excluding steroid dienone is 1. The van der Waals surface area contributed by atoms with Crippen molar-refractivity contribution in [3.8, 4) is 0 Å². The predicted octanol–water partition coefficient (Wildman–Crippen LogP) is 7.11. The number of nitrogens with zero attached hydrogens (tertiary/aromatic N) is 3. The first-order valence-electron chi connectivity index (χ1n) is 14.2. The summed E-state index contributed by atoms with van der Waals surface area (Å²) in [5.74, 6) is -0.316. The van der Waals surface area contributed by atoms with Gasteiger partial charge in [0.2, 0.25) is 0 Å². The SMILES string of the molecule is O=c1/c(=C/c2cn(Cc3ccc(Cl)cc3)c3ccccc23)sc2n1C(c1cccc(F)c1)C1=C(N=2)c2ccccc2CC1. The lowest BCUT2D eigenvalue weighted by atomic mass is 9.83. The number of benzene rings is 4. The van der Waals surface area contributed by atoms with Crippen molar-refractivity contribution >= 4 is 45.6 Å². The first-order valence-corrected chi connectivity index (χ1v) is 15.4. The molecule has 2 aliphatic rings. The second kappa shape index (κ2) is 10.3. The van der Waals surface area contributed by atoms with Crippen LogP contribution in [0.1, 0.15) is 40.3 Å². The number of thiazole rings is 1. The van der Waals surface area contributed by atoms with Crippen LogP contribution < -0.4 is 14.9 Å². The van der Waals surface area contributed by atoms with E-state index in [9.17, 15) is 9.18 Å². The monoisotopic (exact) mass is 601 g/mol. The van der Waals surface area contributed by atoms with Gasteiger partial charge in [-0.25, -0.2) is 9.38 Å². The smallest absolute Gasteiger partial charge is 0.271 e. The van der Waals surface area contributed by atoms with Crippen molar-refractivity contribution in [2.24, 2.45) is 4.99 Å². The van der Waals surface area contributed by atoms with Gasteiger partial charge >= 0.3 is 0 Å². The van der Waals surface area contributed by atoms with Gasteiger partial charge in [-0.05, 0) is 71.5 Å². The maximum atomic E-state index is 14.5. The topological polar surface area (TPSA) is 39.3 Å². The van der Waals surface area contributed by atoms with E-state index >= 15 is 0 Å². The van der Waals surface area contributed by atoms with Crippen LogP contribution in [0.5, 0.6) is 0 Å². The molecule has 1 atom stereocenters. The molecule has 4 aromatic carbocycles. The van der Waals surface area contributed by atoms with Crippen molar-refractivity contribution in [2.75, 3.05) is 0 Å². The molecule has 1 aliphatic carbocycles. The Morgan fingerprint density at radius 2 is 1.77 bits per heavy atom. The minimum atomic E-state index is -0.413. The van der Waals surface area contributed by atoms with E-state index in [-0.39, 0.29) is 11.4 Å². The molecule has 0 N–H and O–H groups in total. The first kappa shape index (κ1) is 26.1. The third-order valence-corrected chi connectivity index (χ3v) is 9.64. The minimum Gasteiger partial charge on any atom is -0.342 e. The summed E-state index contributed by atoms with van der Waals surface area (Å²) >= 11 is 7.50. The van der Waals surface area contributed by atoms with E-state index in [1.807, 2.05) is 54.6 Å². The fourth-order valence-electron chi connectivity index (χ4n) is 6.45. The van der Waals surface area contributed by atoms with Gasteiger partial charge in [0, 0.05) is 39.8 Å². The van der Waals surface area contributed by atoms with Gasteiger partial charge in [0.15, 0.2) is 4.80 Å². The van der Waals surface area contributed by atoms with E-state index in [1.54, 1.807) is 16.7 Å². The molecule has 43 heavy (non-hydrogen) atoms. The number of para-hydroxylation sites is 1. The molecule has 0 fully saturated rings. The van der Waals surface area contributed by atoms with Crippen molar-refractivity contribution < 1.29 is 4.39 Å². The first-order chi connectivity index (χ1) is 21.0. The molecule has 210 valence electrons. The molecule has 4 nitrogen and oxygen atoms in total. The average Bonchev–Trinajstić information content (AvgIpc) is 3.53. The van der Waals surface area contributed by atoms with Crippen LogP contribution in [-0.2, 0) is 13.0 Å². The number of hydrogen-bond acceptors (Lipinski definition) is 3. The molecule has 1 unspecified atom stereocenters. The van der Waals surface area contributed by atoms with Gasteiger partial charge in [-0.1, -0.05) is 89.7 Å². The van der Waals surface area contributed by atoms with Gasteiger partial charge in [0.05, 0.1) is 16.3 Å². The predicted molar refractivity (Wildman–Crippen MR) is 172 cm³/mol. The fraction of sp³-hybridized carbons (Fsp3) is 0.111. The second-order valence-corrected chi connectivity index (χ2v) is 12.5. The highest BCUT2D eigenvalue weighted by Gasteiger charge is 2.32. The van der Waals surface area contributed by atoms with Crippen molar-refractivity contribution in [3.05, 3.63) is 167 Å². The Bertz CT molecular complexity index is 2280. The molecule has 2 aromatic heterocycles. The van der Waals surface area contributed by atoms with E-state index in [0.29, 0.717) is 20.9 Å². The van der Waals surface area contributed by atoms with Gasteiger partial charge < -0.3 is 4.57 Å². The number of halogens is 2. The van der Waals surface area contributed by atoms with Gasteiger partial charge in [-0.15, -0.1) is 0 Å². The highest BCUT2D eigenvalue weighted by atomic mass is 35.5. The standard InChI is InChI=1S/C36H25ClFN3OS/c37-26-15-12-22(13-16-26)20-40-21-25(28-9-3-4-11-31(28)40)19-32-35(42)41-34(24-7-5-8-27(38)18-24)30-17-14-23-6-1-2-10-29(23)33(30)39-36(41)43-32/h1-13,15-16,18-19,21,34H,14,17,20H2/b32-19-. The summed E-state index contributed by atoms with van der Waals surface area (Å²) in [5, 5.41) is 1.77. The minimum absolute atomic E-state index is 0.113. The van der Waals surface area contributed by atoms with Crippen LogP contribution in [0.2, 0.25) is 5.02 Å². The maximum Gasteiger partial charge on any atom is 0.271 e. The van der Waals surface area contributed by atoms with E-state index in [2.05, 4.69) is 41.1 Å². The number of hydrogen-bond donors (Lipinski definition) is 0. The molecule has 0 spiro atoms. The lowest BCUT2D eigenvalue weighted by molar-refractivity contribution is 0.574. The van der Waals surface area contributed by atoms with Crippen LogP contribution >= 0.6 is 22.9 Å². The highest BCUT2D eigenvalue weighted by molar-refractivity contribution is 7.07. The van der Waals surface area contributed by atoms with E-state index in [0.717, 1.165) is 57.3 Å². The number of aryl methyl sites for hydroxylation is 1. The van der Waals surface area contributed by atoms with E-state index in [4.69, 9.17) is 16.6 Å². The Balaban J connectivity index is 1.32. The molecule has 0 radical (unpaired) electrons. The Morgan fingerprint density at radius 1 is 0.953 bits per heavy atom. The summed E-state index contributed by atoms with van der Waals surface area (Å²) in [6.45, 7) is 0.679. The Labute approximate surface area is 256 Å². The van der Waals surface area contributed by atoms with Crippen LogP contribution in [0.25, 0.3) is 22.7 Å². The van der Waals surface area contributed by atoms with Crippen molar-refractivity contribution in [1.29, 1.82) is 0 Å². The van der Waals surface area contributed by atoms with Crippen LogP contribution in [0.4, 0.5) is 4.39 Å². The van der Waals surface area contributed by atoms with Crippen molar-refractivity contribution in [3.63, 3.8) is 0 Å². The molecule has 7 heteroatoms. The quantitative estimate of drug-likeness (QED) is 0.212. The third-order valence-electron chi connectivity index (χ3n) is 8.41. The number of aromatic nitrogens is 2. The number of fused-ring (bicyclic) bond motifs is 4. The van der Waals surface area contributed by atoms with Gasteiger partial charge in [-0.3, -0.25) is 9.36 Å². The van der Waals surface area contributed by atoms with Gasteiger partial charge in [0.25, 0.3) is 5.56 Å². The summed E-state index contributed by atoms with van der Waals surface area (Å²) < 4.78 is 19.1. The van der Waals surface area contributed by atoms with Crippen LogP contribution in [0.3, 0.4) is 0 Å². The Kier molecular flexibility index (Phi) is 6.28.